The number of amides is 1. The standard InChI is InChI=1S/C30H30ClN4O4PS/c1-3-38-40(37,39-4-2)19-21-9-15-24(16-10-21)33-28(36)18-17-27-29(22-11-13-23(31)14-12-22)34-30(41-27)35-20-32-25-7-5-6-8-26(25)35/h5-16,20H,3-4,17-19H2,1-2H3,(H,33,36). The molecule has 212 valence electrons. The van der Waals surface area contributed by atoms with Gasteiger partial charge < -0.3 is 14.4 Å². The smallest absolute Gasteiger partial charge is 0.326 e. The van der Waals surface area contributed by atoms with Crippen LogP contribution in [0.2, 0.25) is 5.02 Å². The third-order valence-corrected chi connectivity index (χ3v) is 9.73. The number of benzene rings is 3. The summed E-state index contributed by atoms with van der Waals surface area (Å²) in [6, 6.07) is 22.7. The van der Waals surface area contributed by atoms with Gasteiger partial charge in [0.15, 0.2) is 5.13 Å². The van der Waals surface area contributed by atoms with Crippen LogP contribution in [-0.2, 0) is 31.0 Å². The number of carbonyl (C=O) groups excluding carboxylic acids is 1. The van der Waals surface area contributed by atoms with Crippen molar-refractivity contribution in [3.05, 3.63) is 94.6 Å². The lowest BCUT2D eigenvalue weighted by molar-refractivity contribution is -0.116. The SMILES string of the molecule is CCOP(=O)(Cc1ccc(NC(=O)CCc2sc(-n3cnc4ccccc43)nc2-c2ccc(Cl)cc2)cc1)OCC. The summed E-state index contributed by atoms with van der Waals surface area (Å²) in [6.07, 6.45) is 2.74. The minimum absolute atomic E-state index is 0.114. The van der Waals surface area contributed by atoms with Crippen molar-refractivity contribution < 1.29 is 18.4 Å². The highest BCUT2D eigenvalue weighted by Gasteiger charge is 2.24. The number of imidazole rings is 1. The molecule has 8 nitrogen and oxygen atoms in total. The van der Waals surface area contributed by atoms with Crippen molar-refractivity contribution in [2.24, 2.45) is 0 Å². The van der Waals surface area contributed by atoms with Crippen molar-refractivity contribution in [2.75, 3.05) is 18.5 Å². The van der Waals surface area contributed by atoms with Gasteiger partial charge in [0.1, 0.15) is 6.33 Å². The van der Waals surface area contributed by atoms with Crippen molar-refractivity contribution in [1.29, 1.82) is 0 Å². The minimum atomic E-state index is -3.20. The molecule has 5 aromatic rings. The number of anilines is 1. The first-order valence-corrected chi connectivity index (χ1v) is 16.2. The molecule has 41 heavy (non-hydrogen) atoms. The number of hydrogen-bond donors (Lipinski definition) is 1. The molecule has 0 saturated carbocycles. The van der Waals surface area contributed by atoms with E-state index in [4.69, 9.17) is 25.6 Å². The van der Waals surface area contributed by atoms with Gasteiger partial charge in [-0.05, 0) is 62.2 Å². The Hall–Kier alpha value is -3.33. The Labute approximate surface area is 247 Å². The number of halogens is 1. The van der Waals surface area contributed by atoms with E-state index in [0.29, 0.717) is 30.3 Å². The Bertz CT molecular complexity index is 1680. The zero-order valence-corrected chi connectivity index (χ0v) is 25.2. The van der Waals surface area contributed by atoms with Gasteiger partial charge in [-0.15, -0.1) is 11.3 Å². The van der Waals surface area contributed by atoms with Gasteiger partial charge in [0.05, 0.1) is 36.1 Å². The van der Waals surface area contributed by atoms with Crippen LogP contribution in [0.25, 0.3) is 27.4 Å². The molecule has 0 atom stereocenters. The van der Waals surface area contributed by atoms with Crippen molar-refractivity contribution in [1.82, 2.24) is 14.5 Å². The number of carbonyl (C=O) groups is 1. The number of hydrogen-bond acceptors (Lipinski definition) is 7. The average molecular weight is 609 g/mol. The molecule has 0 unspecified atom stereocenters. The van der Waals surface area contributed by atoms with Crippen LogP contribution in [0.15, 0.2) is 79.1 Å². The zero-order chi connectivity index (χ0) is 28.8. The molecule has 0 bridgehead atoms. The summed E-state index contributed by atoms with van der Waals surface area (Å²) < 4.78 is 25.6. The number of nitrogens with one attached hydrogen (secondary N) is 1. The van der Waals surface area contributed by atoms with Crippen LogP contribution < -0.4 is 5.32 Å². The number of rotatable bonds is 12. The summed E-state index contributed by atoms with van der Waals surface area (Å²) >= 11 is 7.67. The topological polar surface area (TPSA) is 95.3 Å². The second-order valence-corrected chi connectivity index (χ2v) is 12.8. The van der Waals surface area contributed by atoms with Gasteiger partial charge in [0.25, 0.3) is 0 Å². The van der Waals surface area contributed by atoms with Gasteiger partial charge in [-0.3, -0.25) is 13.9 Å². The molecule has 0 radical (unpaired) electrons. The van der Waals surface area contributed by atoms with Crippen LogP contribution in [-0.4, -0.2) is 33.7 Å². The van der Waals surface area contributed by atoms with E-state index in [1.54, 1.807) is 43.6 Å². The predicted octanol–water partition coefficient (Wildman–Crippen LogP) is 8.14. The number of nitrogens with zero attached hydrogens (tertiary/aromatic N) is 3. The van der Waals surface area contributed by atoms with Gasteiger partial charge in [0, 0.05) is 27.6 Å². The van der Waals surface area contributed by atoms with Gasteiger partial charge in [-0.1, -0.05) is 48.0 Å². The first-order chi connectivity index (χ1) is 19.9. The molecular formula is C30H30ClN4O4PS. The van der Waals surface area contributed by atoms with Crippen LogP contribution >= 0.6 is 30.5 Å². The average Bonchev–Trinajstić information content (AvgIpc) is 3.58. The fourth-order valence-electron chi connectivity index (χ4n) is 4.45. The second kappa shape index (κ2) is 13.1. The van der Waals surface area contributed by atoms with Gasteiger partial charge >= 0.3 is 7.60 Å². The molecule has 3 aromatic carbocycles. The van der Waals surface area contributed by atoms with Gasteiger partial charge in [0.2, 0.25) is 5.91 Å². The third kappa shape index (κ3) is 7.12. The van der Waals surface area contributed by atoms with Crippen LogP contribution in [0.5, 0.6) is 0 Å². The van der Waals surface area contributed by atoms with Crippen molar-refractivity contribution in [3.63, 3.8) is 0 Å². The first-order valence-electron chi connectivity index (χ1n) is 13.3. The highest BCUT2D eigenvalue weighted by Crippen LogP contribution is 2.51. The normalized spacial score (nSPS) is 11.7. The molecule has 0 aliphatic rings. The lowest BCUT2D eigenvalue weighted by Crippen LogP contribution is -2.12. The van der Waals surface area contributed by atoms with Crippen molar-refractivity contribution >= 4 is 53.2 Å². The van der Waals surface area contributed by atoms with E-state index in [9.17, 15) is 9.36 Å². The van der Waals surface area contributed by atoms with Crippen molar-refractivity contribution in [3.8, 4) is 16.4 Å². The molecule has 11 heteroatoms. The number of aromatic nitrogens is 3. The summed E-state index contributed by atoms with van der Waals surface area (Å²) in [7, 11) is -3.20. The summed E-state index contributed by atoms with van der Waals surface area (Å²) in [6.45, 7) is 4.20. The number of aryl methyl sites for hydroxylation is 1. The van der Waals surface area contributed by atoms with Gasteiger partial charge in [-0.2, -0.15) is 0 Å². The summed E-state index contributed by atoms with van der Waals surface area (Å²) in [5.41, 5.74) is 5.09. The molecule has 1 amide bonds. The molecule has 0 fully saturated rings. The Kier molecular flexibility index (Phi) is 9.32. The lowest BCUT2D eigenvalue weighted by Gasteiger charge is -2.17. The van der Waals surface area contributed by atoms with Crippen molar-refractivity contribution in [2.45, 2.75) is 32.9 Å². The maximum absolute atomic E-state index is 12.9. The van der Waals surface area contributed by atoms with E-state index in [-0.39, 0.29) is 18.5 Å². The number of para-hydroxylation sites is 2. The van der Waals surface area contributed by atoms with E-state index in [1.807, 2.05) is 65.2 Å². The Balaban J connectivity index is 1.30. The number of thiazole rings is 1. The Morgan fingerprint density at radius 2 is 1.71 bits per heavy atom. The molecule has 2 aromatic heterocycles. The zero-order valence-electron chi connectivity index (χ0n) is 22.7. The minimum Gasteiger partial charge on any atom is -0.326 e. The van der Waals surface area contributed by atoms with E-state index < -0.39 is 7.60 Å². The molecule has 0 aliphatic carbocycles. The monoisotopic (exact) mass is 608 g/mol. The molecule has 0 spiro atoms. The number of fused-ring (bicyclic) bond motifs is 1. The second-order valence-electron chi connectivity index (χ2n) is 9.23. The highest BCUT2D eigenvalue weighted by molar-refractivity contribution is 7.53. The Morgan fingerprint density at radius 1 is 1.00 bits per heavy atom. The van der Waals surface area contributed by atoms with Crippen LogP contribution in [0.3, 0.4) is 0 Å². The molecule has 2 heterocycles. The van der Waals surface area contributed by atoms with E-state index in [0.717, 1.165) is 37.9 Å². The molecule has 1 N–H and O–H groups in total. The van der Waals surface area contributed by atoms with E-state index >= 15 is 0 Å². The summed E-state index contributed by atoms with van der Waals surface area (Å²) in [5.74, 6) is -0.114. The van der Waals surface area contributed by atoms with E-state index in [1.165, 1.54) is 0 Å². The van der Waals surface area contributed by atoms with E-state index in [2.05, 4.69) is 10.3 Å². The summed E-state index contributed by atoms with van der Waals surface area (Å²) in [4.78, 5) is 23.4. The van der Waals surface area contributed by atoms with Crippen LogP contribution in [0.4, 0.5) is 5.69 Å². The quantitative estimate of drug-likeness (QED) is 0.144. The lowest BCUT2D eigenvalue weighted by atomic mass is 10.1. The predicted molar refractivity (Wildman–Crippen MR) is 165 cm³/mol. The largest absolute Gasteiger partial charge is 0.335 e. The Morgan fingerprint density at radius 3 is 2.41 bits per heavy atom. The fraction of sp³-hybridized carbons (Fsp3) is 0.233. The maximum atomic E-state index is 12.9. The molecule has 5 rings (SSSR count). The van der Waals surface area contributed by atoms with Crippen LogP contribution in [0.1, 0.15) is 30.7 Å². The summed E-state index contributed by atoms with van der Waals surface area (Å²) in [5, 5.41) is 4.39. The molecule has 0 aliphatic heterocycles. The molecule has 0 saturated heterocycles. The highest BCUT2D eigenvalue weighted by atomic mass is 35.5. The van der Waals surface area contributed by atoms with Gasteiger partial charge in [-0.25, -0.2) is 9.97 Å². The van der Waals surface area contributed by atoms with Crippen LogP contribution in [0, 0.1) is 0 Å². The maximum Gasteiger partial charge on any atom is 0.335 e. The molecular weight excluding hydrogens is 579 g/mol. The fourth-order valence-corrected chi connectivity index (χ4v) is 7.34. The first kappa shape index (κ1) is 29.2. The third-order valence-electron chi connectivity index (χ3n) is 6.31.